The number of hydrogen-bond acceptors (Lipinski definition) is 4. The quantitative estimate of drug-likeness (QED) is 0.836. The van der Waals surface area contributed by atoms with E-state index in [0.717, 1.165) is 12.8 Å². The van der Waals surface area contributed by atoms with Gasteiger partial charge in [0, 0.05) is 30.4 Å². The van der Waals surface area contributed by atoms with Crippen molar-refractivity contribution in [2.24, 2.45) is 0 Å². The summed E-state index contributed by atoms with van der Waals surface area (Å²) in [6, 6.07) is 3.33. The van der Waals surface area contributed by atoms with E-state index in [4.69, 9.17) is 10.5 Å². The fourth-order valence-electron chi connectivity index (χ4n) is 2.39. The Balaban J connectivity index is 2.32. The zero-order chi connectivity index (χ0) is 14.9. The molecular formula is C13H19BrN2O3S. The van der Waals surface area contributed by atoms with Gasteiger partial charge in [-0.2, -0.15) is 4.31 Å². The highest BCUT2D eigenvalue weighted by molar-refractivity contribution is 9.10. The van der Waals surface area contributed by atoms with Crippen LogP contribution in [0.25, 0.3) is 0 Å². The number of ether oxygens (including phenoxy) is 1. The maximum Gasteiger partial charge on any atom is 0.243 e. The van der Waals surface area contributed by atoms with Gasteiger partial charge in [-0.05, 0) is 37.5 Å². The Morgan fingerprint density at radius 2 is 1.95 bits per heavy atom. The van der Waals surface area contributed by atoms with Crippen molar-refractivity contribution in [1.29, 1.82) is 0 Å². The van der Waals surface area contributed by atoms with Crippen molar-refractivity contribution in [3.8, 4) is 0 Å². The summed E-state index contributed by atoms with van der Waals surface area (Å²) in [7, 11) is -1.84. The smallest absolute Gasteiger partial charge is 0.243 e. The first-order valence-corrected chi connectivity index (χ1v) is 8.68. The van der Waals surface area contributed by atoms with Gasteiger partial charge in [0.15, 0.2) is 0 Å². The van der Waals surface area contributed by atoms with Crippen molar-refractivity contribution in [3.05, 3.63) is 22.2 Å². The zero-order valence-electron chi connectivity index (χ0n) is 11.6. The summed E-state index contributed by atoms with van der Waals surface area (Å²) in [5.41, 5.74) is 6.93. The van der Waals surface area contributed by atoms with Crippen LogP contribution in [0.5, 0.6) is 0 Å². The monoisotopic (exact) mass is 362 g/mol. The van der Waals surface area contributed by atoms with E-state index < -0.39 is 10.0 Å². The van der Waals surface area contributed by atoms with Crippen molar-refractivity contribution in [2.45, 2.75) is 30.8 Å². The second-order valence-electron chi connectivity index (χ2n) is 4.96. The number of halogens is 1. The van der Waals surface area contributed by atoms with E-state index >= 15 is 0 Å². The summed E-state index contributed by atoms with van der Waals surface area (Å²) in [4.78, 5) is 0.278. The summed E-state index contributed by atoms with van der Waals surface area (Å²) in [5.74, 6) is 0. The number of nitrogens with zero attached hydrogens (tertiary/aromatic N) is 1. The molecule has 0 atom stereocenters. The van der Waals surface area contributed by atoms with Crippen molar-refractivity contribution in [2.75, 3.05) is 25.9 Å². The van der Waals surface area contributed by atoms with E-state index in [2.05, 4.69) is 15.9 Å². The lowest BCUT2D eigenvalue weighted by atomic mass is 10.1. The number of sulfonamides is 1. The molecule has 0 bridgehead atoms. The number of hydrogen-bond donors (Lipinski definition) is 1. The summed E-state index contributed by atoms with van der Waals surface area (Å²) >= 11 is 3.30. The Morgan fingerprint density at radius 1 is 1.35 bits per heavy atom. The predicted octanol–water partition coefficient (Wildman–Crippen LogP) is 2.14. The van der Waals surface area contributed by atoms with E-state index in [0.29, 0.717) is 28.8 Å². The van der Waals surface area contributed by atoms with Crippen molar-refractivity contribution < 1.29 is 13.2 Å². The molecule has 2 rings (SSSR count). The van der Waals surface area contributed by atoms with E-state index in [1.54, 1.807) is 26.2 Å². The Labute approximate surface area is 128 Å². The lowest BCUT2D eigenvalue weighted by Gasteiger charge is -2.31. The Kier molecular flexibility index (Phi) is 4.73. The molecule has 0 saturated carbocycles. The Bertz CT molecular complexity index is 596. The summed E-state index contributed by atoms with van der Waals surface area (Å²) in [6.45, 7) is 2.69. The van der Waals surface area contributed by atoms with Gasteiger partial charge in [0.1, 0.15) is 0 Å². The normalized spacial score (nSPS) is 18.4. The van der Waals surface area contributed by atoms with Crippen LogP contribution in [0.2, 0.25) is 0 Å². The minimum Gasteiger partial charge on any atom is -0.398 e. The number of piperidine rings is 1. The molecule has 1 aromatic carbocycles. The largest absolute Gasteiger partial charge is 0.398 e. The maximum atomic E-state index is 12.7. The third-order valence-electron chi connectivity index (χ3n) is 3.72. The number of anilines is 1. The highest BCUT2D eigenvalue weighted by Crippen LogP contribution is 2.30. The number of nitrogens with two attached hydrogens (primary N) is 1. The molecule has 0 spiro atoms. The van der Waals surface area contributed by atoms with Gasteiger partial charge in [-0.25, -0.2) is 8.42 Å². The molecular weight excluding hydrogens is 344 g/mol. The van der Waals surface area contributed by atoms with Crippen molar-refractivity contribution >= 4 is 31.6 Å². The first-order valence-electron chi connectivity index (χ1n) is 6.45. The minimum absolute atomic E-state index is 0.148. The molecule has 1 aliphatic rings. The van der Waals surface area contributed by atoms with Crippen LogP contribution in [0, 0.1) is 6.92 Å². The third-order valence-corrected chi connectivity index (χ3v) is 6.20. The van der Waals surface area contributed by atoms with Gasteiger partial charge in [-0.3, -0.25) is 0 Å². The van der Waals surface area contributed by atoms with E-state index in [1.165, 1.54) is 4.31 Å². The average molecular weight is 363 g/mol. The lowest BCUT2D eigenvalue weighted by molar-refractivity contribution is 0.0604. The maximum absolute atomic E-state index is 12.7. The average Bonchev–Trinajstić information content (AvgIpc) is 2.42. The molecule has 0 aromatic heterocycles. The van der Waals surface area contributed by atoms with Crippen LogP contribution in [-0.2, 0) is 14.8 Å². The summed E-state index contributed by atoms with van der Waals surface area (Å²) in [6.07, 6.45) is 1.59. The predicted molar refractivity (Wildman–Crippen MR) is 82.1 cm³/mol. The van der Waals surface area contributed by atoms with Crippen LogP contribution in [0.3, 0.4) is 0 Å². The Hall–Kier alpha value is -0.630. The molecule has 1 saturated heterocycles. The van der Waals surface area contributed by atoms with Crippen LogP contribution in [0.4, 0.5) is 5.69 Å². The highest BCUT2D eigenvalue weighted by Gasteiger charge is 2.31. The SMILES string of the molecule is COC1CCN(S(=O)(=O)c2cc(Br)cc(N)c2C)CC1. The third kappa shape index (κ3) is 3.00. The molecule has 2 N–H and O–H groups in total. The molecule has 7 heteroatoms. The molecule has 1 heterocycles. The number of methoxy groups -OCH3 is 1. The van der Waals surface area contributed by atoms with Gasteiger partial charge < -0.3 is 10.5 Å². The number of nitrogen functional groups attached to an aromatic ring is 1. The van der Waals surface area contributed by atoms with E-state index in [1.807, 2.05) is 0 Å². The van der Waals surface area contributed by atoms with Gasteiger partial charge in [-0.15, -0.1) is 0 Å². The summed E-state index contributed by atoms with van der Waals surface area (Å²) < 4.78 is 32.9. The molecule has 20 heavy (non-hydrogen) atoms. The van der Waals surface area contributed by atoms with Crippen LogP contribution in [-0.4, -0.2) is 39.0 Å². The molecule has 0 amide bonds. The molecule has 0 aliphatic carbocycles. The van der Waals surface area contributed by atoms with Gasteiger partial charge >= 0.3 is 0 Å². The fourth-order valence-corrected chi connectivity index (χ4v) is 4.77. The van der Waals surface area contributed by atoms with Gasteiger partial charge in [0.05, 0.1) is 11.0 Å². The lowest BCUT2D eigenvalue weighted by Crippen LogP contribution is -2.40. The number of benzene rings is 1. The van der Waals surface area contributed by atoms with Crippen LogP contribution < -0.4 is 5.73 Å². The van der Waals surface area contributed by atoms with E-state index in [-0.39, 0.29) is 11.0 Å². The first-order chi connectivity index (χ1) is 9.36. The van der Waals surface area contributed by atoms with Crippen LogP contribution in [0.1, 0.15) is 18.4 Å². The molecule has 0 unspecified atom stereocenters. The zero-order valence-corrected chi connectivity index (χ0v) is 14.0. The molecule has 1 fully saturated rings. The molecule has 1 aromatic rings. The standard InChI is InChI=1S/C13H19BrN2O3S/c1-9-12(15)7-10(14)8-13(9)20(17,18)16-5-3-11(19-2)4-6-16/h7-8,11H,3-6,15H2,1-2H3. The second-order valence-corrected chi connectivity index (χ2v) is 7.78. The van der Waals surface area contributed by atoms with Crippen LogP contribution in [0.15, 0.2) is 21.5 Å². The van der Waals surface area contributed by atoms with Crippen LogP contribution >= 0.6 is 15.9 Å². The topological polar surface area (TPSA) is 72.6 Å². The molecule has 1 aliphatic heterocycles. The van der Waals surface area contributed by atoms with Gasteiger partial charge in [0.2, 0.25) is 10.0 Å². The Morgan fingerprint density at radius 3 is 2.50 bits per heavy atom. The van der Waals surface area contributed by atoms with Crippen molar-refractivity contribution in [1.82, 2.24) is 4.31 Å². The number of rotatable bonds is 3. The van der Waals surface area contributed by atoms with Gasteiger partial charge in [-0.1, -0.05) is 15.9 Å². The van der Waals surface area contributed by atoms with E-state index in [9.17, 15) is 8.42 Å². The first kappa shape index (κ1) is 15.8. The molecule has 5 nitrogen and oxygen atoms in total. The summed E-state index contributed by atoms with van der Waals surface area (Å²) in [5, 5.41) is 0. The highest BCUT2D eigenvalue weighted by atomic mass is 79.9. The van der Waals surface area contributed by atoms with Gasteiger partial charge in [0.25, 0.3) is 0 Å². The van der Waals surface area contributed by atoms with Crippen molar-refractivity contribution in [3.63, 3.8) is 0 Å². The fraction of sp³-hybridized carbons (Fsp3) is 0.538. The second kappa shape index (κ2) is 6.01. The minimum atomic E-state index is -3.50. The molecule has 0 radical (unpaired) electrons. The molecule has 112 valence electrons.